The molecule has 1 aromatic carbocycles. The van der Waals surface area contributed by atoms with Crippen LogP contribution >= 0.6 is 0 Å². The molecule has 0 spiro atoms. The van der Waals surface area contributed by atoms with E-state index in [4.69, 9.17) is 5.11 Å². The van der Waals surface area contributed by atoms with Gasteiger partial charge in [-0.3, -0.25) is 0 Å². The van der Waals surface area contributed by atoms with Gasteiger partial charge in [0.05, 0.1) is 0 Å². The number of hydrogen-bond acceptors (Lipinski definition) is 2. The molecule has 2 N–H and O–H groups in total. The van der Waals surface area contributed by atoms with Crippen LogP contribution in [0.4, 0.5) is 4.79 Å². The van der Waals surface area contributed by atoms with Crippen LogP contribution in [0.1, 0.15) is 5.56 Å². The fourth-order valence-corrected chi connectivity index (χ4v) is 1.74. The summed E-state index contributed by atoms with van der Waals surface area (Å²) in [5, 5.41) is 11.7. The van der Waals surface area contributed by atoms with Crippen LogP contribution in [0.2, 0.25) is 0 Å². The minimum atomic E-state index is -0.0476. The SMILES string of the molecule is O=C(NCc1ccccc1)N1CC(CO)C1. The summed E-state index contributed by atoms with van der Waals surface area (Å²) in [6.45, 7) is 2.05. The van der Waals surface area contributed by atoms with E-state index in [-0.39, 0.29) is 18.6 Å². The summed E-state index contributed by atoms with van der Waals surface area (Å²) in [7, 11) is 0. The van der Waals surface area contributed by atoms with Gasteiger partial charge in [0.2, 0.25) is 0 Å². The standard InChI is InChI=1S/C12H16N2O2/c15-9-11-7-14(8-11)12(16)13-6-10-4-2-1-3-5-10/h1-5,11,15H,6-9H2,(H,13,16). The molecule has 1 aliphatic heterocycles. The molecule has 1 aromatic rings. The van der Waals surface area contributed by atoms with Crippen molar-refractivity contribution in [2.45, 2.75) is 6.54 Å². The van der Waals surface area contributed by atoms with E-state index in [2.05, 4.69) is 5.32 Å². The lowest BCUT2D eigenvalue weighted by Crippen LogP contribution is -2.54. The van der Waals surface area contributed by atoms with E-state index in [0.29, 0.717) is 19.6 Å². The van der Waals surface area contributed by atoms with E-state index in [1.54, 1.807) is 4.90 Å². The summed E-state index contributed by atoms with van der Waals surface area (Å²) < 4.78 is 0. The highest BCUT2D eigenvalue weighted by Crippen LogP contribution is 2.14. The Morgan fingerprint density at radius 3 is 2.69 bits per heavy atom. The monoisotopic (exact) mass is 220 g/mol. The van der Waals surface area contributed by atoms with Crippen molar-refractivity contribution in [1.29, 1.82) is 0 Å². The Kier molecular flexibility index (Phi) is 3.41. The molecule has 0 aliphatic carbocycles. The Balaban J connectivity index is 1.73. The molecule has 86 valence electrons. The van der Waals surface area contributed by atoms with Gasteiger partial charge < -0.3 is 15.3 Å². The first kappa shape index (κ1) is 11.0. The third kappa shape index (κ3) is 2.52. The Labute approximate surface area is 94.9 Å². The molecule has 1 saturated heterocycles. The van der Waals surface area contributed by atoms with Gasteiger partial charge in [-0.25, -0.2) is 4.79 Å². The van der Waals surface area contributed by atoms with E-state index in [1.807, 2.05) is 30.3 Å². The second-order valence-corrected chi connectivity index (χ2v) is 4.10. The second-order valence-electron chi connectivity index (χ2n) is 4.10. The van der Waals surface area contributed by atoms with Crippen LogP contribution in [0.3, 0.4) is 0 Å². The third-order valence-corrected chi connectivity index (χ3v) is 2.79. The average Bonchev–Trinajstić information content (AvgIpc) is 2.26. The Bertz CT molecular complexity index is 347. The molecule has 0 saturated carbocycles. The molecular formula is C12H16N2O2. The third-order valence-electron chi connectivity index (χ3n) is 2.79. The van der Waals surface area contributed by atoms with Crippen LogP contribution in [0.15, 0.2) is 30.3 Å². The molecule has 0 radical (unpaired) electrons. The van der Waals surface area contributed by atoms with E-state index < -0.39 is 0 Å². The van der Waals surface area contributed by atoms with Crippen molar-refractivity contribution in [3.8, 4) is 0 Å². The molecule has 4 nitrogen and oxygen atoms in total. The molecule has 4 heteroatoms. The molecule has 1 heterocycles. The van der Waals surface area contributed by atoms with E-state index in [1.165, 1.54) is 0 Å². The first-order chi connectivity index (χ1) is 7.79. The van der Waals surface area contributed by atoms with E-state index in [9.17, 15) is 4.79 Å². The van der Waals surface area contributed by atoms with Gasteiger partial charge in [0, 0.05) is 32.2 Å². The Morgan fingerprint density at radius 2 is 2.06 bits per heavy atom. The number of aliphatic hydroxyl groups is 1. The summed E-state index contributed by atoms with van der Waals surface area (Å²) in [5.74, 6) is 0.266. The van der Waals surface area contributed by atoms with Crippen LogP contribution in [0.25, 0.3) is 0 Å². The molecule has 0 unspecified atom stereocenters. The van der Waals surface area contributed by atoms with E-state index >= 15 is 0 Å². The summed E-state index contributed by atoms with van der Waals surface area (Å²) in [6, 6.07) is 9.76. The van der Waals surface area contributed by atoms with Crippen LogP contribution < -0.4 is 5.32 Å². The number of carbonyl (C=O) groups excluding carboxylic acids is 1. The predicted molar refractivity (Wildman–Crippen MR) is 60.8 cm³/mol. The van der Waals surface area contributed by atoms with Gasteiger partial charge in [-0.1, -0.05) is 30.3 Å². The molecule has 2 amide bonds. The summed E-state index contributed by atoms with van der Waals surface area (Å²) in [6.07, 6.45) is 0. The first-order valence-corrected chi connectivity index (χ1v) is 5.47. The maximum atomic E-state index is 11.6. The van der Waals surface area contributed by atoms with Gasteiger partial charge in [0.15, 0.2) is 0 Å². The van der Waals surface area contributed by atoms with Crippen molar-refractivity contribution in [2.75, 3.05) is 19.7 Å². The molecule has 0 atom stereocenters. The molecule has 2 rings (SSSR count). The highest BCUT2D eigenvalue weighted by Gasteiger charge is 2.29. The van der Waals surface area contributed by atoms with E-state index in [0.717, 1.165) is 5.56 Å². The minimum Gasteiger partial charge on any atom is -0.396 e. The van der Waals surface area contributed by atoms with Gasteiger partial charge in [-0.15, -0.1) is 0 Å². The maximum absolute atomic E-state index is 11.6. The normalized spacial score (nSPS) is 15.7. The number of likely N-dealkylation sites (tertiary alicyclic amines) is 1. The van der Waals surface area contributed by atoms with Gasteiger partial charge in [-0.05, 0) is 5.56 Å². The minimum absolute atomic E-state index is 0.0476. The van der Waals surface area contributed by atoms with Crippen molar-refractivity contribution < 1.29 is 9.90 Å². The lowest BCUT2D eigenvalue weighted by molar-refractivity contribution is 0.0775. The number of aliphatic hydroxyl groups excluding tert-OH is 1. The quantitative estimate of drug-likeness (QED) is 0.792. The van der Waals surface area contributed by atoms with Gasteiger partial charge in [0.25, 0.3) is 0 Å². The molecule has 16 heavy (non-hydrogen) atoms. The number of rotatable bonds is 3. The Hall–Kier alpha value is -1.55. The lowest BCUT2D eigenvalue weighted by Gasteiger charge is -2.38. The number of hydrogen-bond donors (Lipinski definition) is 2. The molecule has 0 bridgehead atoms. The zero-order valence-electron chi connectivity index (χ0n) is 9.10. The van der Waals surface area contributed by atoms with Crippen molar-refractivity contribution in [1.82, 2.24) is 10.2 Å². The highest BCUT2D eigenvalue weighted by atomic mass is 16.3. The summed E-state index contributed by atoms with van der Waals surface area (Å²) in [5.41, 5.74) is 1.09. The predicted octanol–water partition coefficient (Wildman–Crippen LogP) is 0.820. The average molecular weight is 220 g/mol. The lowest BCUT2D eigenvalue weighted by atomic mass is 10.0. The van der Waals surface area contributed by atoms with Crippen molar-refractivity contribution in [3.63, 3.8) is 0 Å². The largest absolute Gasteiger partial charge is 0.396 e. The molecule has 1 aliphatic rings. The second kappa shape index (κ2) is 4.99. The summed E-state index contributed by atoms with van der Waals surface area (Å²) >= 11 is 0. The number of nitrogens with zero attached hydrogens (tertiary/aromatic N) is 1. The molecule has 0 aromatic heterocycles. The number of benzene rings is 1. The number of nitrogens with one attached hydrogen (secondary N) is 1. The van der Waals surface area contributed by atoms with Crippen LogP contribution in [0.5, 0.6) is 0 Å². The van der Waals surface area contributed by atoms with Crippen LogP contribution in [0, 0.1) is 5.92 Å². The van der Waals surface area contributed by atoms with Gasteiger partial charge >= 0.3 is 6.03 Å². The first-order valence-electron chi connectivity index (χ1n) is 5.47. The molecule has 1 fully saturated rings. The Morgan fingerprint density at radius 1 is 1.38 bits per heavy atom. The zero-order valence-corrected chi connectivity index (χ0v) is 9.10. The maximum Gasteiger partial charge on any atom is 0.317 e. The van der Waals surface area contributed by atoms with Crippen molar-refractivity contribution in [2.24, 2.45) is 5.92 Å². The smallest absolute Gasteiger partial charge is 0.317 e. The zero-order chi connectivity index (χ0) is 11.4. The fourth-order valence-electron chi connectivity index (χ4n) is 1.74. The van der Waals surface area contributed by atoms with Crippen molar-refractivity contribution in [3.05, 3.63) is 35.9 Å². The van der Waals surface area contributed by atoms with Gasteiger partial charge in [-0.2, -0.15) is 0 Å². The van der Waals surface area contributed by atoms with Crippen LogP contribution in [-0.4, -0.2) is 35.7 Å². The molecular weight excluding hydrogens is 204 g/mol. The number of urea groups is 1. The fraction of sp³-hybridized carbons (Fsp3) is 0.417. The summed E-state index contributed by atoms with van der Waals surface area (Å²) in [4.78, 5) is 13.3. The van der Waals surface area contributed by atoms with Crippen molar-refractivity contribution >= 4 is 6.03 Å². The van der Waals surface area contributed by atoms with Gasteiger partial charge in [0.1, 0.15) is 0 Å². The highest BCUT2D eigenvalue weighted by molar-refractivity contribution is 5.75. The topological polar surface area (TPSA) is 52.6 Å². The van der Waals surface area contributed by atoms with Crippen LogP contribution in [-0.2, 0) is 6.54 Å². The number of amides is 2. The number of carbonyl (C=O) groups is 1.